The first-order valence-corrected chi connectivity index (χ1v) is 16.6. The van der Waals surface area contributed by atoms with Gasteiger partial charge in [0, 0.05) is 12.1 Å². The highest BCUT2D eigenvalue weighted by Crippen LogP contribution is 2.12. The predicted molar refractivity (Wildman–Crippen MR) is 191 cm³/mol. The Morgan fingerprint density at radius 3 is 1.33 bits per heavy atom. The average Bonchev–Trinajstić information content (AvgIpc) is 3.11. The monoisotopic (exact) mass is 750 g/mol. The molecule has 0 aliphatic carbocycles. The van der Waals surface area contributed by atoms with Crippen molar-refractivity contribution in [3.05, 3.63) is 114 Å². The topological polar surface area (TPSA) is 185 Å². The number of benzene rings is 2. The van der Waals surface area contributed by atoms with Gasteiger partial charge < -0.3 is 21.3 Å². The Hall–Kier alpha value is -6.39. The summed E-state index contributed by atoms with van der Waals surface area (Å²) in [5, 5.41) is 10.2. The van der Waals surface area contributed by atoms with Gasteiger partial charge in [-0.2, -0.15) is 0 Å². The molecule has 2 heterocycles. The minimum absolute atomic E-state index is 0.119. The van der Waals surface area contributed by atoms with E-state index in [0.29, 0.717) is 43.7 Å². The number of hydrogen-bond acceptors (Lipinski definition) is 9. The van der Waals surface area contributed by atoms with Gasteiger partial charge in [0.25, 0.3) is 0 Å². The molecule has 2 aromatic carbocycles. The summed E-state index contributed by atoms with van der Waals surface area (Å²) < 4.78 is 52.9. The number of aromatic nitrogens is 4. The number of hydrogen-bond donors (Lipinski definition) is 4. The van der Waals surface area contributed by atoms with Crippen molar-refractivity contribution in [1.29, 1.82) is 0 Å². The van der Waals surface area contributed by atoms with Gasteiger partial charge >= 0.3 is 0 Å². The van der Waals surface area contributed by atoms with Crippen molar-refractivity contribution in [3.63, 3.8) is 0 Å². The molecule has 0 spiro atoms. The van der Waals surface area contributed by atoms with E-state index in [9.17, 15) is 41.5 Å². The zero-order valence-electron chi connectivity index (χ0n) is 29.4. The molecule has 54 heavy (non-hydrogen) atoms. The third-order valence-corrected chi connectivity index (χ3v) is 7.21. The lowest BCUT2D eigenvalue weighted by Gasteiger charge is -2.17. The second-order valence-corrected chi connectivity index (χ2v) is 11.7. The molecule has 0 fully saturated rings. The van der Waals surface area contributed by atoms with Crippen molar-refractivity contribution in [3.8, 4) is 0 Å². The van der Waals surface area contributed by atoms with Crippen LogP contribution in [0.25, 0.3) is 6.08 Å². The average molecular weight is 751 g/mol. The van der Waals surface area contributed by atoms with Gasteiger partial charge in [-0.05, 0) is 54.3 Å². The summed E-state index contributed by atoms with van der Waals surface area (Å²) in [5.74, 6) is -4.72. The highest BCUT2D eigenvalue weighted by atomic mass is 19.1. The standard InChI is InChI=1S/C19H20F2N4O2.C18H18F2N4O3/c1-3-5-16(19(27)25-17-11-22-15(4-2)10-23-17)24-18(26)8-12-6-13(20)9-14(21)7-12;1-2-3-15(18(27)24-16-9-21-14(10-25)8-22-16)23-17(26)6-11-4-12(19)7-13(20)5-11/h4,6-7,9-11,16H,2-3,5,8H2,1H3,(H,24,26)(H,23,25,27);4-5,7-10,15H,2-3,6H2,1H3,(H,23,26)(H,22,24,27). The summed E-state index contributed by atoms with van der Waals surface area (Å²) >= 11 is 0. The Morgan fingerprint density at radius 2 is 1.02 bits per heavy atom. The second kappa shape index (κ2) is 21.2. The summed E-state index contributed by atoms with van der Waals surface area (Å²) in [5.41, 5.74) is 1.03. The lowest BCUT2D eigenvalue weighted by atomic mass is 10.1. The minimum Gasteiger partial charge on any atom is -0.344 e. The van der Waals surface area contributed by atoms with Crippen molar-refractivity contribution in [1.82, 2.24) is 30.6 Å². The van der Waals surface area contributed by atoms with Crippen LogP contribution in [0.5, 0.6) is 0 Å². The van der Waals surface area contributed by atoms with E-state index < -0.39 is 59.0 Å². The number of rotatable bonds is 16. The number of carbonyl (C=O) groups excluding carboxylic acids is 5. The van der Waals surface area contributed by atoms with Crippen molar-refractivity contribution in [2.24, 2.45) is 0 Å². The molecule has 4 rings (SSSR count). The highest BCUT2D eigenvalue weighted by Gasteiger charge is 2.22. The summed E-state index contributed by atoms with van der Waals surface area (Å²) in [6.45, 7) is 7.28. The van der Waals surface area contributed by atoms with Crippen LogP contribution >= 0.6 is 0 Å². The van der Waals surface area contributed by atoms with Crippen molar-refractivity contribution >= 4 is 47.6 Å². The van der Waals surface area contributed by atoms with E-state index in [4.69, 9.17) is 0 Å². The molecular weight excluding hydrogens is 712 g/mol. The Kier molecular flexibility index (Phi) is 16.5. The first-order chi connectivity index (χ1) is 25.8. The fourth-order valence-electron chi connectivity index (χ4n) is 4.80. The largest absolute Gasteiger partial charge is 0.344 e. The third kappa shape index (κ3) is 14.3. The fourth-order valence-corrected chi connectivity index (χ4v) is 4.80. The molecule has 13 nitrogen and oxygen atoms in total. The third-order valence-electron chi connectivity index (χ3n) is 7.21. The maximum atomic E-state index is 13.2. The summed E-state index contributed by atoms with van der Waals surface area (Å²) in [4.78, 5) is 75.4. The quantitative estimate of drug-likeness (QED) is 0.0914. The summed E-state index contributed by atoms with van der Waals surface area (Å²) in [6.07, 6.45) is 8.81. The highest BCUT2D eigenvalue weighted by molar-refractivity contribution is 5.97. The molecule has 2 aromatic heterocycles. The molecule has 0 saturated carbocycles. The smallest absolute Gasteiger partial charge is 0.248 e. The maximum Gasteiger partial charge on any atom is 0.248 e. The van der Waals surface area contributed by atoms with Crippen molar-refractivity contribution < 1.29 is 41.5 Å². The molecule has 0 radical (unpaired) electrons. The van der Waals surface area contributed by atoms with Gasteiger partial charge in [0.05, 0.1) is 43.3 Å². The van der Waals surface area contributed by atoms with Gasteiger partial charge in [0.15, 0.2) is 17.9 Å². The van der Waals surface area contributed by atoms with Crippen LogP contribution in [0.1, 0.15) is 66.8 Å². The number of amides is 4. The number of carbonyl (C=O) groups is 5. The van der Waals surface area contributed by atoms with Crippen LogP contribution in [0.3, 0.4) is 0 Å². The first kappa shape index (κ1) is 42.0. The van der Waals surface area contributed by atoms with Gasteiger partial charge in [-0.15, -0.1) is 0 Å². The number of nitrogens with one attached hydrogen (secondary N) is 4. The summed E-state index contributed by atoms with van der Waals surface area (Å²) in [6, 6.07) is 4.06. The van der Waals surface area contributed by atoms with Crippen LogP contribution in [-0.4, -0.2) is 61.9 Å². The zero-order valence-corrected chi connectivity index (χ0v) is 29.4. The fraction of sp³-hybridized carbons (Fsp3) is 0.270. The Balaban J connectivity index is 0.000000290. The molecule has 17 heteroatoms. The normalized spacial score (nSPS) is 11.5. The lowest BCUT2D eigenvalue weighted by molar-refractivity contribution is -0.126. The van der Waals surface area contributed by atoms with E-state index >= 15 is 0 Å². The van der Waals surface area contributed by atoms with Crippen LogP contribution in [0.4, 0.5) is 29.2 Å². The molecular formula is C37H38F4N8O5. The van der Waals surface area contributed by atoms with Gasteiger partial charge in [-0.1, -0.05) is 33.3 Å². The number of aldehydes is 1. The van der Waals surface area contributed by atoms with Crippen LogP contribution in [-0.2, 0) is 32.0 Å². The molecule has 2 unspecified atom stereocenters. The van der Waals surface area contributed by atoms with E-state index in [1.807, 2.05) is 13.8 Å². The molecule has 4 amide bonds. The second-order valence-electron chi connectivity index (χ2n) is 11.7. The van der Waals surface area contributed by atoms with Gasteiger partial charge in [-0.25, -0.2) is 32.5 Å². The molecule has 4 aromatic rings. The molecule has 0 bridgehead atoms. The van der Waals surface area contributed by atoms with Gasteiger partial charge in [-0.3, -0.25) is 29.0 Å². The SMILES string of the molecule is C=Cc1cnc(NC(=O)C(CCC)NC(=O)Cc2cc(F)cc(F)c2)cn1.CCCC(NC(=O)Cc1cc(F)cc(F)c1)C(=O)Nc1cnc(C=O)cn1. The molecule has 0 aliphatic heterocycles. The van der Waals surface area contributed by atoms with Gasteiger partial charge in [0.2, 0.25) is 23.6 Å². The van der Waals surface area contributed by atoms with Crippen molar-refractivity contribution in [2.45, 2.75) is 64.5 Å². The Morgan fingerprint density at radius 1 is 0.630 bits per heavy atom. The molecule has 284 valence electrons. The van der Waals surface area contributed by atoms with E-state index in [0.717, 1.165) is 30.3 Å². The maximum absolute atomic E-state index is 13.2. The van der Waals surface area contributed by atoms with E-state index in [2.05, 4.69) is 47.8 Å². The van der Waals surface area contributed by atoms with E-state index in [1.54, 1.807) is 0 Å². The van der Waals surface area contributed by atoms with Crippen LogP contribution in [0.15, 0.2) is 67.8 Å². The molecule has 4 N–H and O–H groups in total. The first-order valence-electron chi connectivity index (χ1n) is 16.6. The van der Waals surface area contributed by atoms with E-state index in [-0.39, 0.29) is 41.3 Å². The predicted octanol–water partition coefficient (Wildman–Crippen LogP) is 4.90. The Labute approximate surface area is 308 Å². The minimum atomic E-state index is -0.853. The van der Waals surface area contributed by atoms with Crippen LogP contribution < -0.4 is 21.3 Å². The number of nitrogens with zero attached hydrogens (tertiary/aromatic N) is 4. The van der Waals surface area contributed by atoms with Gasteiger partial charge in [0.1, 0.15) is 41.0 Å². The zero-order chi connectivity index (χ0) is 39.6. The molecule has 0 saturated heterocycles. The van der Waals surface area contributed by atoms with E-state index in [1.165, 1.54) is 30.9 Å². The number of halogens is 4. The Bertz CT molecular complexity index is 1750. The molecule has 0 aliphatic rings. The van der Waals surface area contributed by atoms with Crippen LogP contribution in [0, 0.1) is 23.3 Å². The molecule has 2 atom stereocenters. The van der Waals surface area contributed by atoms with Crippen LogP contribution in [0.2, 0.25) is 0 Å². The summed E-state index contributed by atoms with van der Waals surface area (Å²) in [7, 11) is 0. The number of anilines is 2. The lowest BCUT2D eigenvalue weighted by Crippen LogP contribution is -2.44. The van der Waals surface area contributed by atoms with Crippen molar-refractivity contribution in [2.75, 3.05) is 10.6 Å².